The maximum Gasteiger partial charge on any atom is 2.00 e. The molecule has 13 heavy (non-hydrogen) atoms. The summed E-state index contributed by atoms with van der Waals surface area (Å²) in [6.45, 7) is 0. The van der Waals surface area contributed by atoms with Crippen molar-refractivity contribution >= 4 is 34.4 Å². The van der Waals surface area contributed by atoms with Gasteiger partial charge in [0.2, 0.25) is 0 Å². The van der Waals surface area contributed by atoms with Gasteiger partial charge in [-0.25, -0.2) is 12.1 Å². The summed E-state index contributed by atoms with van der Waals surface area (Å²) in [5, 5.41) is 1.97. The fraction of sp³-hybridized carbons (Fsp3) is 0. The predicted octanol–water partition coefficient (Wildman–Crippen LogP) is -0.162. The van der Waals surface area contributed by atoms with E-state index in [4.69, 9.17) is 0 Å². The van der Waals surface area contributed by atoms with Crippen LogP contribution in [-0.2, 0) is 0 Å². The van der Waals surface area contributed by atoms with E-state index >= 15 is 0 Å². The van der Waals surface area contributed by atoms with Crippen molar-refractivity contribution in [2.45, 2.75) is 0 Å². The molecule has 1 heterocycles. The first kappa shape index (κ1) is 13.2. The van der Waals surface area contributed by atoms with Crippen LogP contribution in [-0.4, -0.2) is 23.1 Å². The normalized spacial score (nSPS) is 8.31. The van der Waals surface area contributed by atoms with E-state index in [1.165, 1.54) is 10.4 Å². The van der Waals surface area contributed by atoms with Gasteiger partial charge in [-0.3, -0.25) is 11.3 Å². The minimum absolute atomic E-state index is 0. The molecule has 0 unspecified atom stereocenters. The third kappa shape index (κ3) is 3.42. The number of benzene rings is 1. The first-order valence-corrected chi connectivity index (χ1v) is 4.35. The molecule has 0 radical (unpaired) electrons. The largest absolute Gasteiger partial charge is 2.00 e. The molecule has 0 nitrogen and oxygen atoms in total. The predicted molar refractivity (Wildman–Crippen MR) is 54.3 cm³/mol. The molecular weight excluding hydrogens is 256 g/mol. The SMILES string of the molecule is [Br-].[Mg+2].[c-]1csc(-c2ccccc2)c1. The molecule has 62 valence electrons. The van der Waals surface area contributed by atoms with Crippen LogP contribution < -0.4 is 17.0 Å². The van der Waals surface area contributed by atoms with Gasteiger partial charge in [-0.2, -0.15) is 0 Å². The fourth-order valence-corrected chi connectivity index (χ4v) is 1.67. The van der Waals surface area contributed by atoms with Gasteiger partial charge < -0.3 is 17.0 Å². The van der Waals surface area contributed by atoms with Crippen LogP contribution in [0.25, 0.3) is 10.4 Å². The summed E-state index contributed by atoms with van der Waals surface area (Å²) in [7, 11) is 0. The van der Waals surface area contributed by atoms with Gasteiger partial charge in [0.1, 0.15) is 0 Å². The zero-order chi connectivity index (χ0) is 7.52. The standard InChI is InChI=1S/C10H7S.BrH.Mg/c1-2-5-9(6-3-1)10-7-4-8-11-10;;/h1-3,5-8H;1H;/q-1;;+2/p-1. The zero-order valence-electron chi connectivity index (χ0n) is 7.03. The second-order valence-electron chi connectivity index (χ2n) is 2.28. The molecule has 0 aliphatic rings. The second-order valence-corrected chi connectivity index (χ2v) is 3.19. The molecule has 2 rings (SSSR count). The quantitative estimate of drug-likeness (QED) is 0.495. The Balaban J connectivity index is 0.000000720. The van der Waals surface area contributed by atoms with Crippen molar-refractivity contribution in [2.24, 2.45) is 0 Å². The maximum absolute atomic E-state index is 3.05. The number of hydrogen-bond donors (Lipinski definition) is 0. The van der Waals surface area contributed by atoms with E-state index < -0.39 is 0 Å². The Morgan fingerprint density at radius 1 is 1.08 bits per heavy atom. The van der Waals surface area contributed by atoms with Crippen LogP contribution >= 0.6 is 11.3 Å². The smallest absolute Gasteiger partial charge is 1.00 e. The molecule has 0 amide bonds. The van der Waals surface area contributed by atoms with E-state index in [-0.39, 0.29) is 40.0 Å². The summed E-state index contributed by atoms with van der Waals surface area (Å²) in [5.74, 6) is 0. The van der Waals surface area contributed by atoms with Crippen LogP contribution in [0.15, 0.2) is 41.8 Å². The van der Waals surface area contributed by atoms with E-state index in [1.807, 2.05) is 17.5 Å². The van der Waals surface area contributed by atoms with E-state index in [9.17, 15) is 0 Å². The molecular formula is C10H7BrMgS. The molecule has 3 heteroatoms. The van der Waals surface area contributed by atoms with Gasteiger partial charge in [0.05, 0.1) is 0 Å². The zero-order valence-corrected chi connectivity index (χ0v) is 10.9. The Kier molecular flexibility index (Phi) is 6.68. The minimum atomic E-state index is 0. The summed E-state index contributed by atoms with van der Waals surface area (Å²) in [6.07, 6.45) is 0. The van der Waals surface area contributed by atoms with Crippen LogP contribution in [0.3, 0.4) is 0 Å². The third-order valence-electron chi connectivity index (χ3n) is 1.53. The van der Waals surface area contributed by atoms with Gasteiger partial charge in [-0.15, -0.1) is 10.3 Å². The van der Waals surface area contributed by atoms with Gasteiger partial charge in [-0.1, -0.05) is 35.9 Å². The van der Waals surface area contributed by atoms with Crippen LogP contribution in [0.4, 0.5) is 0 Å². The summed E-state index contributed by atoms with van der Waals surface area (Å²) in [4.78, 5) is 1.28. The van der Waals surface area contributed by atoms with Crippen molar-refractivity contribution in [3.8, 4) is 10.4 Å². The van der Waals surface area contributed by atoms with Gasteiger partial charge in [0.25, 0.3) is 0 Å². The number of rotatable bonds is 1. The molecule has 0 bridgehead atoms. The van der Waals surface area contributed by atoms with Crippen molar-refractivity contribution in [1.82, 2.24) is 0 Å². The van der Waals surface area contributed by atoms with E-state index in [0.29, 0.717) is 0 Å². The molecule has 0 aliphatic carbocycles. The van der Waals surface area contributed by atoms with Crippen LogP contribution in [0.5, 0.6) is 0 Å². The average molecular weight is 263 g/mol. The van der Waals surface area contributed by atoms with Crippen molar-refractivity contribution < 1.29 is 17.0 Å². The molecule has 0 saturated heterocycles. The van der Waals surface area contributed by atoms with E-state index in [1.54, 1.807) is 11.3 Å². The van der Waals surface area contributed by atoms with Crippen molar-refractivity contribution in [1.29, 1.82) is 0 Å². The summed E-state index contributed by atoms with van der Waals surface area (Å²) in [6, 6.07) is 15.4. The Bertz CT molecular complexity index is 318. The van der Waals surface area contributed by atoms with Gasteiger partial charge in [0, 0.05) is 0 Å². The van der Waals surface area contributed by atoms with Crippen molar-refractivity contribution in [3.63, 3.8) is 0 Å². The fourth-order valence-electron chi connectivity index (χ4n) is 0.995. The van der Waals surface area contributed by atoms with Crippen molar-refractivity contribution in [2.75, 3.05) is 0 Å². The molecule has 1 aromatic heterocycles. The molecule has 2 aromatic rings. The van der Waals surface area contributed by atoms with Crippen LogP contribution in [0.2, 0.25) is 0 Å². The number of thiophene rings is 1. The molecule has 0 aliphatic heterocycles. The van der Waals surface area contributed by atoms with Gasteiger partial charge >= 0.3 is 23.1 Å². The summed E-state index contributed by atoms with van der Waals surface area (Å²) in [5.41, 5.74) is 1.28. The average Bonchev–Trinajstić information content (AvgIpc) is 2.58. The summed E-state index contributed by atoms with van der Waals surface area (Å²) < 4.78 is 0. The Morgan fingerprint density at radius 3 is 2.31 bits per heavy atom. The molecule has 0 atom stereocenters. The first-order valence-electron chi connectivity index (χ1n) is 3.47. The minimum Gasteiger partial charge on any atom is -1.00 e. The Morgan fingerprint density at radius 2 is 1.77 bits per heavy atom. The molecule has 0 fully saturated rings. The molecule has 1 aromatic carbocycles. The Hall–Kier alpha value is 0.166. The van der Waals surface area contributed by atoms with Gasteiger partial charge in [-0.05, 0) is 0 Å². The van der Waals surface area contributed by atoms with E-state index in [2.05, 4.69) is 30.3 Å². The second kappa shape index (κ2) is 6.59. The monoisotopic (exact) mass is 262 g/mol. The Labute approximate surface area is 109 Å². The number of halogens is 1. The molecule has 0 saturated carbocycles. The van der Waals surface area contributed by atoms with Crippen molar-refractivity contribution in [3.05, 3.63) is 47.8 Å². The topological polar surface area (TPSA) is 0 Å². The van der Waals surface area contributed by atoms with Crippen LogP contribution in [0, 0.1) is 6.07 Å². The molecule has 0 N–H and O–H groups in total. The number of hydrogen-bond acceptors (Lipinski definition) is 1. The molecule has 0 spiro atoms. The summed E-state index contributed by atoms with van der Waals surface area (Å²) >= 11 is 1.72. The maximum atomic E-state index is 3.05. The third-order valence-corrected chi connectivity index (χ3v) is 2.39. The van der Waals surface area contributed by atoms with Gasteiger partial charge in [0.15, 0.2) is 0 Å². The van der Waals surface area contributed by atoms with Crippen LogP contribution in [0.1, 0.15) is 0 Å². The van der Waals surface area contributed by atoms with E-state index in [0.717, 1.165) is 0 Å². The first-order chi connectivity index (χ1) is 5.47.